The number of fused-ring (bicyclic) bond motifs is 1. The summed E-state index contributed by atoms with van der Waals surface area (Å²) in [6, 6.07) is 19.6. The number of aliphatic hydroxyl groups is 1. The summed E-state index contributed by atoms with van der Waals surface area (Å²) in [6.07, 6.45) is 3.08. The van der Waals surface area contributed by atoms with Crippen LogP contribution in [0.1, 0.15) is 50.2 Å². The molecule has 1 heterocycles. The van der Waals surface area contributed by atoms with Gasteiger partial charge in [0.2, 0.25) is 5.79 Å². The summed E-state index contributed by atoms with van der Waals surface area (Å²) < 4.78 is 0. The van der Waals surface area contributed by atoms with Crippen molar-refractivity contribution in [1.29, 1.82) is 0 Å². The molecule has 1 N–H and O–H groups in total. The van der Waals surface area contributed by atoms with Gasteiger partial charge in [-0.1, -0.05) is 67.1 Å². The summed E-state index contributed by atoms with van der Waals surface area (Å²) >= 11 is 0. The Morgan fingerprint density at radius 1 is 0.885 bits per heavy atom. The number of hydrogen-bond donors (Lipinski definition) is 1. The molecule has 2 aromatic carbocycles. The minimum Gasteiger partial charge on any atom is -0.362 e. The number of carbonyl (C=O) groups excluding carboxylic acids is 1. The second-order valence-corrected chi connectivity index (χ2v) is 7.53. The van der Waals surface area contributed by atoms with Crippen LogP contribution in [0.3, 0.4) is 0 Å². The molecule has 1 saturated heterocycles. The summed E-state index contributed by atoms with van der Waals surface area (Å²) in [5.41, 5.74) is -0.0775. The maximum Gasteiger partial charge on any atom is 0.211 e. The third-order valence-corrected chi connectivity index (χ3v) is 6.14. The zero-order valence-corrected chi connectivity index (χ0v) is 15.0. The summed E-state index contributed by atoms with van der Waals surface area (Å²) in [5.74, 6) is -1.61. The Morgan fingerprint density at radius 3 is 1.96 bits per heavy atom. The molecule has 2 unspecified atom stereocenters. The summed E-state index contributed by atoms with van der Waals surface area (Å²) in [4.78, 5) is 24.5. The molecule has 0 radical (unpaired) electrons. The highest BCUT2D eigenvalue weighted by Gasteiger charge is 2.65. The van der Waals surface area contributed by atoms with Crippen molar-refractivity contribution < 1.29 is 19.7 Å². The molecule has 4 heteroatoms. The number of rotatable bonds is 3. The van der Waals surface area contributed by atoms with E-state index >= 15 is 0 Å². The van der Waals surface area contributed by atoms with Crippen LogP contribution >= 0.6 is 0 Å². The fourth-order valence-electron chi connectivity index (χ4n) is 4.63. The van der Waals surface area contributed by atoms with Gasteiger partial charge in [-0.3, -0.25) is 4.79 Å². The maximum atomic E-state index is 12.8. The molecule has 4 nitrogen and oxygen atoms in total. The van der Waals surface area contributed by atoms with Gasteiger partial charge < -0.3 is 5.11 Å². The molecule has 2 atom stereocenters. The summed E-state index contributed by atoms with van der Waals surface area (Å²) in [5, 5.41) is 11.2. The van der Waals surface area contributed by atoms with E-state index in [1.807, 2.05) is 60.7 Å². The van der Waals surface area contributed by atoms with Crippen LogP contribution in [0, 0.1) is 5.41 Å². The Kier molecular flexibility index (Phi) is 4.22. The minimum atomic E-state index is -1.57. The molecular formula is C22H24O4. The maximum absolute atomic E-state index is 12.8. The van der Waals surface area contributed by atoms with Crippen LogP contribution < -0.4 is 0 Å². The molecule has 1 aliphatic carbocycles. The van der Waals surface area contributed by atoms with Crippen LogP contribution in [0.5, 0.6) is 0 Å². The minimum absolute atomic E-state index is 0.0424. The Bertz CT molecular complexity index is 749. The van der Waals surface area contributed by atoms with E-state index in [9.17, 15) is 9.90 Å². The van der Waals surface area contributed by atoms with E-state index in [-0.39, 0.29) is 5.78 Å². The largest absolute Gasteiger partial charge is 0.362 e. The van der Waals surface area contributed by atoms with Crippen molar-refractivity contribution in [2.24, 2.45) is 5.41 Å². The van der Waals surface area contributed by atoms with Crippen molar-refractivity contribution in [3.63, 3.8) is 0 Å². The van der Waals surface area contributed by atoms with Gasteiger partial charge in [0, 0.05) is 12.8 Å². The van der Waals surface area contributed by atoms with Crippen LogP contribution in [-0.2, 0) is 20.2 Å². The van der Waals surface area contributed by atoms with Crippen molar-refractivity contribution in [2.75, 3.05) is 0 Å². The van der Waals surface area contributed by atoms with Gasteiger partial charge >= 0.3 is 0 Å². The molecule has 0 spiro atoms. The van der Waals surface area contributed by atoms with Crippen molar-refractivity contribution in [1.82, 2.24) is 0 Å². The molecule has 0 bridgehead atoms. The molecule has 1 saturated carbocycles. The zero-order valence-electron chi connectivity index (χ0n) is 15.0. The zero-order chi connectivity index (χ0) is 18.3. The van der Waals surface area contributed by atoms with Crippen LogP contribution in [-0.4, -0.2) is 16.7 Å². The second kappa shape index (κ2) is 6.31. The number of Topliss-reactive ketones (excluding diaryl/α,β-unsaturated/α-hetero) is 1. The van der Waals surface area contributed by atoms with Crippen molar-refractivity contribution in [3.05, 3.63) is 71.8 Å². The molecule has 0 amide bonds. The molecular weight excluding hydrogens is 328 g/mol. The SMILES string of the molecule is CC(=O)C12CCCCC1(O)OOC(c1ccccc1)(c1ccccc1)C2. The molecule has 1 aliphatic heterocycles. The number of benzene rings is 2. The van der Waals surface area contributed by atoms with Crippen molar-refractivity contribution in [3.8, 4) is 0 Å². The lowest BCUT2D eigenvalue weighted by molar-refractivity contribution is -0.514. The van der Waals surface area contributed by atoms with Gasteiger partial charge in [0.25, 0.3) is 0 Å². The average molecular weight is 352 g/mol. The summed E-state index contributed by atoms with van der Waals surface area (Å²) in [6.45, 7) is 1.56. The smallest absolute Gasteiger partial charge is 0.211 e. The molecule has 4 rings (SSSR count). The predicted octanol–water partition coefficient (Wildman–Crippen LogP) is 4.12. The first-order chi connectivity index (χ1) is 12.5. The van der Waals surface area contributed by atoms with Gasteiger partial charge in [-0.25, -0.2) is 4.89 Å². The standard InChI is InChI=1S/C22H24O4/c1-17(23)20-14-8-9-15-22(20,24)26-25-21(16-20,18-10-4-2-5-11-18)19-12-6-3-7-13-19/h2-7,10-13,24H,8-9,14-16H2,1H3. The first-order valence-corrected chi connectivity index (χ1v) is 9.24. The lowest BCUT2D eigenvalue weighted by Crippen LogP contribution is -2.63. The first-order valence-electron chi connectivity index (χ1n) is 9.24. The normalized spacial score (nSPS) is 30.4. The summed E-state index contributed by atoms with van der Waals surface area (Å²) in [7, 11) is 0. The third kappa shape index (κ3) is 2.44. The fourth-order valence-corrected chi connectivity index (χ4v) is 4.63. The number of ketones is 1. The van der Waals surface area contributed by atoms with Crippen LogP contribution in [0.2, 0.25) is 0 Å². The number of hydrogen-bond acceptors (Lipinski definition) is 4. The lowest BCUT2D eigenvalue weighted by Gasteiger charge is -2.55. The van der Waals surface area contributed by atoms with E-state index in [0.717, 1.165) is 24.0 Å². The van der Waals surface area contributed by atoms with Crippen LogP contribution in [0.25, 0.3) is 0 Å². The molecule has 0 aromatic heterocycles. The van der Waals surface area contributed by atoms with E-state index < -0.39 is 16.8 Å². The van der Waals surface area contributed by atoms with Crippen molar-refractivity contribution in [2.45, 2.75) is 50.4 Å². The van der Waals surface area contributed by atoms with Gasteiger partial charge in [0.15, 0.2) is 5.60 Å². The monoisotopic (exact) mass is 352 g/mol. The molecule has 2 aliphatic rings. The Morgan fingerprint density at radius 2 is 1.42 bits per heavy atom. The van der Waals surface area contributed by atoms with E-state index in [4.69, 9.17) is 9.78 Å². The first kappa shape index (κ1) is 17.4. The van der Waals surface area contributed by atoms with E-state index in [1.54, 1.807) is 6.92 Å². The molecule has 26 heavy (non-hydrogen) atoms. The van der Waals surface area contributed by atoms with Gasteiger partial charge in [-0.15, -0.1) is 0 Å². The highest BCUT2D eigenvalue weighted by Crippen LogP contribution is 2.58. The third-order valence-electron chi connectivity index (χ3n) is 6.14. The lowest BCUT2D eigenvalue weighted by atomic mass is 9.59. The van der Waals surface area contributed by atoms with E-state index in [2.05, 4.69) is 0 Å². The van der Waals surface area contributed by atoms with Gasteiger partial charge in [0.05, 0.1) is 5.41 Å². The number of carbonyl (C=O) groups is 1. The van der Waals surface area contributed by atoms with Crippen LogP contribution in [0.4, 0.5) is 0 Å². The second-order valence-electron chi connectivity index (χ2n) is 7.53. The Labute approximate surface area is 153 Å². The fraction of sp³-hybridized carbons (Fsp3) is 0.409. The van der Waals surface area contributed by atoms with E-state index in [1.165, 1.54) is 0 Å². The van der Waals surface area contributed by atoms with E-state index in [0.29, 0.717) is 19.3 Å². The molecule has 136 valence electrons. The Balaban J connectivity index is 1.90. The van der Waals surface area contributed by atoms with Gasteiger partial charge in [-0.2, -0.15) is 4.89 Å². The molecule has 2 fully saturated rings. The van der Waals surface area contributed by atoms with Crippen LogP contribution in [0.15, 0.2) is 60.7 Å². The van der Waals surface area contributed by atoms with Gasteiger partial charge in [0.1, 0.15) is 5.78 Å². The highest BCUT2D eigenvalue weighted by atomic mass is 17.2. The average Bonchev–Trinajstić information content (AvgIpc) is 2.68. The topological polar surface area (TPSA) is 55.8 Å². The van der Waals surface area contributed by atoms with Crippen molar-refractivity contribution >= 4 is 5.78 Å². The predicted molar refractivity (Wildman–Crippen MR) is 97.0 cm³/mol. The quantitative estimate of drug-likeness (QED) is 0.844. The Hall–Kier alpha value is -2.01. The van der Waals surface area contributed by atoms with Gasteiger partial charge in [-0.05, 0) is 30.9 Å². The highest BCUT2D eigenvalue weighted by molar-refractivity contribution is 5.84. The molecule has 2 aromatic rings.